The largest absolute Gasteiger partial charge is 0.395 e. The maximum absolute atomic E-state index is 9.29. The normalized spacial score (nSPS) is 15.3. The molecule has 2 unspecified atom stereocenters. The smallest absolute Gasteiger partial charge is 0.0584 e. The van der Waals surface area contributed by atoms with Crippen LogP contribution in [0.1, 0.15) is 32.8 Å². The summed E-state index contributed by atoms with van der Waals surface area (Å²) in [6.07, 6.45) is 2.07. The van der Waals surface area contributed by atoms with E-state index in [1.54, 1.807) is 11.3 Å². The highest BCUT2D eigenvalue weighted by molar-refractivity contribution is 7.07. The Bertz CT molecular complexity index is 271. The van der Waals surface area contributed by atoms with Crippen molar-refractivity contribution >= 4 is 11.3 Å². The van der Waals surface area contributed by atoms with Gasteiger partial charge in [-0.2, -0.15) is 11.3 Å². The van der Waals surface area contributed by atoms with Gasteiger partial charge in [-0.05, 0) is 48.1 Å². The van der Waals surface area contributed by atoms with Gasteiger partial charge in [0.2, 0.25) is 0 Å². The molecule has 0 fully saturated rings. The second-order valence-electron chi connectivity index (χ2n) is 4.91. The van der Waals surface area contributed by atoms with E-state index < -0.39 is 0 Å². The van der Waals surface area contributed by atoms with Gasteiger partial charge in [0.25, 0.3) is 0 Å². The molecule has 0 spiro atoms. The molecule has 0 saturated heterocycles. The molecule has 2 N–H and O–H groups in total. The third kappa shape index (κ3) is 5.10. The van der Waals surface area contributed by atoms with E-state index in [0.29, 0.717) is 12.0 Å². The number of aliphatic hydroxyl groups is 1. The lowest BCUT2D eigenvalue weighted by Crippen LogP contribution is -2.40. The standard InChI is InChI=1S/C13H23NOS/c1-10(2)6-13(8-15)14-11(3)7-12-4-5-16-9-12/h4-5,9-11,13-15H,6-8H2,1-3H3. The van der Waals surface area contributed by atoms with E-state index in [1.807, 2.05) is 0 Å². The number of thiophene rings is 1. The van der Waals surface area contributed by atoms with Crippen LogP contribution in [0.25, 0.3) is 0 Å². The molecule has 1 rings (SSSR count). The van der Waals surface area contributed by atoms with E-state index in [1.165, 1.54) is 5.56 Å². The molecule has 2 nitrogen and oxygen atoms in total. The average molecular weight is 241 g/mol. The van der Waals surface area contributed by atoms with E-state index in [9.17, 15) is 5.11 Å². The van der Waals surface area contributed by atoms with Gasteiger partial charge in [0.05, 0.1) is 6.61 Å². The highest BCUT2D eigenvalue weighted by Gasteiger charge is 2.13. The van der Waals surface area contributed by atoms with Crippen molar-refractivity contribution in [2.24, 2.45) is 5.92 Å². The number of hydrogen-bond donors (Lipinski definition) is 2. The van der Waals surface area contributed by atoms with Gasteiger partial charge in [-0.3, -0.25) is 0 Å². The minimum absolute atomic E-state index is 0.228. The molecule has 0 saturated carbocycles. The summed E-state index contributed by atoms with van der Waals surface area (Å²) in [5.74, 6) is 0.623. The van der Waals surface area contributed by atoms with Crippen LogP contribution < -0.4 is 5.32 Å². The minimum atomic E-state index is 0.228. The van der Waals surface area contributed by atoms with Crippen molar-refractivity contribution in [2.45, 2.75) is 45.7 Å². The van der Waals surface area contributed by atoms with Crippen LogP contribution in [0.15, 0.2) is 16.8 Å². The predicted octanol–water partition coefficient (Wildman–Crippen LogP) is 2.68. The molecule has 0 aliphatic rings. The topological polar surface area (TPSA) is 32.3 Å². The van der Waals surface area contributed by atoms with E-state index in [2.05, 4.69) is 42.9 Å². The van der Waals surface area contributed by atoms with E-state index in [0.717, 1.165) is 12.8 Å². The Kier molecular flexibility index (Phi) is 6.03. The summed E-state index contributed by atoms with van der Waals surface area (Å²) >= 11 is 1.74. The minimum Gasteiger partial charge on any atom is -0.395 e. The van der Waals surface area contributed by atoms with Gasteiger partial charge >= 0.3 is 0 Å². The number of hydrogen-bond acceptors (Lipinski definition) is 3. The lowest BCUT2D eigenvalue weighted by molar-refractivity contribution is 0.214. The first-order valence-corrected chi connectivity index (χ1v) is 6.94. The molecule has 16 heavy (non-hydrogen) atoms. The molecule has 2 atom stereocenters. The Hall–Kier alpha value is -0.380. The summed E-state index contributed by atoms with van der Waals surface area (Å²) in [6.45, 7) is 6.79. The second-order valence-corrected chi connectivity index (χ2v) is 5.69. The van der Waals surface area contributed by atoms with Gasteiger partial charge in [0.15, 0.2) is 0 Å². The van der Waals surface area contributed by atoms with Crippen molar-refractivity contribution < 1.29 is 5.11 Å². The van der Waals surface area contributed by atoms with Gasteiger partial charge in [-0.15, -0.1) is 0 Å². The highest BCUT2D eigenvalue weighted by Crippen LogP contribution is 2.10. The Balaban J connectivity index is 2.34. The van der Waals surface area contributed by atoms with Crippen molar-refractivity contribution in [3.8, 4) is 0 Å². The zero-order valence-electron chi connectivity index (χ0n) is 10.4. The molecule has 0 aromatic carbocycles. The lowest BCUT2D eigenvalue weighted by Gasteiger charge is -2.23. The van der Waals surface area contributed by atoms with Gasteiger partial charge in [-0.1, -0.05) is 13.8 Å². The van der Waals surface area contributed by atoms with E-state index in [-0.39, 0.29) is 12.6 Å². The quantitative estimate of drug-likeness (QED) is 0.769. The summed E-state index contributed by atoms with van der Waals surface area (Å²) in [5, 5.41) is 17.1. The maximum Gasteiger partial charge on any atom is 0.0584 e. The average Bonchev–Trinajstić information content (AvgIpc) is 2.68. The van der Waals surface area contributed by atoms with Gasteiger partial charge < -0.3 is 10.4 Å². The van der Waals surface area contributed by atoms with Crippen molar-refractivity contribution in [1.82, 2.24) is 5.32 Å². The fraction of sp³-hybridized carbons (Fsp3) is 0.692. The molecule has 0 bridgehead atoms. The van der Waals surface area contributed by atoms with E-state index in [4.69, 9.17) is 0 Å². The monoisotopic (exact) mass is 241 g/mol. The molecular weight excluding hydrogens is 218 g/mol. The number of aliphatic hydroxyl groups excluding tert-OH is 1. The molecular formula is C13H23NOS. The first-order chi connectivity index (χ1) is 7.61. The summed E-state index contributed by atoms with van der Waals surface area (Å²) in [7, 11) is 0. The van der Waals surface area contributed by atoms with Crippen LogP contribution in [0.4, 0.5) is 0 Å². The summed E-state index contributed by atoms with van der Waals surface area (Å²) in [4.78, 5) is 0. The van der Waals surface area contributed by atoms with Crippen LogP contribution in [0.2, 0.25) is 0 Å². The molecule has 1 heterocycles. The zero-order valence-corrected chi connectivity index (χ0v) is 11.3. The molecule has 92 valence electrons. The molecule has 0 aliphatic heterocycles. The van der Waals surface area contributed by atoms with Crippen molar-refractivity contribution in [3.05, 3.63) is 22.4 Å². The van der Waals surface area contributed by atoms with Crippen molar-refractivity contribution in [1.29, 1.82) is 0 Å². The van der Waals surface area contributed by atoms with Crippen LogP contribution in [-0.2, 0) is 6.42 Å². The van der Waals surface area contributed by atoms with Crippen LogP contribution in [0.3, 0.4) is 0 Å². The Morgan fingerprint density at radius 2 is 2.12 bits per heavy atom. The van der Waals surface area contributed by atoms with E-state index >= 15 is 0 Å². The molecule has 0 aliphatic carbocycles. The van der Waals surface area contributed by atoms with Crippen molar-refractivity contribution in [2.75, 3.05) is 6.61 Å². The summed E-state index contributed by atoms with van der Waals surface area (Å²) < 4.78 is 0. The zero-order chi connectivity index (χ0) is 12.0. The third-order valence-corrected chi connectivity index (χ3v) is 3.35. The molecule has 3 heteroatoms. The van der Waals surface area contributed by atoms with Crippen LogP contribution in [0, 0.1) is 5.92 Å². The predicted molar refractivity (Wildman–Crippen MR) is 70.9 cm³/mol. The molecule has 1 aromatic rings. The van der Waals surface area contributed by atoms with Crippen LogP contribution >= 0.6 is 11.3 Å². The fourth-order valence-electron chi connectivity index (χ4n) is 1.99. The number of rotatable bonds is 7. The fourth-order valence-corrected chi connectivity index (χ4v) is 2.67. The third-order valence-electron chi connectivity index (χ3n) is 2.62. The van der Waals surface area contributed by atoms with Gasteiger partial charge in [0.1, 0.15) is 0 Å². The van der Waals surface area contributed by atoms with Crippen molar-refractivity contribution in [3.63, 3.8) is 0 Å². The molecule has 1 aromatic heterocycles. The Morgan fingerprint density at radius 3 is 2.62 bits per heavy atom. The van der Waals surface area contributed by atoms with Gasteiger partial charge in [0, 0.05) is 12.1 Å². The maximum atomic E-state index is 9.29. The number of nitrogens with one attached hydrogen (secondary N) is 1. The highest BCUT2D eigenvalue weighted by atomic mass is 32.1. The first kappa shape index (κ1) is 13.7. The second kappa shape index (κ2) is 7.05. The first-order valence-electron chi connectivity index (χ1n) is 5.99. The summed E-state index contributed by atoms with van der Waals surface area (Å²) in [5.41, 5.74) is 1.38. The SMILES string of the molecule is CC(C)CC(CO)NC(C)Cc1ccsc1. The Morgan fingerprint density at radius 1 is 1.38 bits per heavy atom. The van der Waals surface area contributed by atoms with Gasteiger partial charge in [-0.25, -0.2) is 0 Å². The lowest BCUT2D eigenvalue weighted by atomic mass is 10.0. The summed E-state index contributed by atoms with van der Waals surface area (Å²) in [6, 6.07) is 2.82. The Labute approximate surface area is 103 Å². The molecule has 0 amide bonds. The van der Waals surface area contributed by atoms with Crippen LogP contribution in [-0.4, -0.2) is 23.8 Å². The van der Waals surface area contributed by atoms with Crippen LogP contribution in [0.5, 0.6) is 0 Å². The molecule has 0 radical (unpaired) electrons.